The highest BCUT2D eigenvalue weighted by molar-refractivity contribution is 9.10. The smallest absolute Gasteiger partial charge is 0.228 e. The van der Waals surface area contributed by atoms with Crippen LogP contribution in [-0.2, 0) is 9.59 Å². The van der Waals surface area contributed by atoms with Gasteiger partial charge in [-0.2, -0.15) is 0 Å². The number of rotatable bonds is 3. The van der Waals surface area contributed by atoms with Crippen LogP contribution in [0.25, 0.3) is 0 Å². The summed E-state index contributed by atoms with van der Waals surface area (Å²) in [5.74, 6) is -0.731. The largest absolute Gasteiger partial charge is 0.369 e. The fourth-order valence-corrected chi connectivity index (χ4v) is 5.07. The van der Waals surface area contributed by atoms with Crippen molar-refractivity contribution >= 4 is 33.4 Å². The van der Waals surface area contributed by atoms with Crippen LogP contribution in [0, 0.1) is 29.1 Å². The molecule has 2 saturated carbocycles. The Kier molecular flexibility index (Phi) is 3.38. The maximum atomic E-state index is 12.9. The number of carbonyl (C=O) groups excluding carboxylic acids is 2. The van der Waals surface area contributed by atoms with Gasteiger partial charge in [-0.15, -0.1) is 0 Å². The molecule has 4 unspecified atom stereocenters. The van der Waals surface area contributed by atoms with Gasteiger partial charge in [-0.3, -0.25) is 9.59 Å². The van der Waals surface area contributed by atoms with Crippen LogP contribution in [-0.4, -0.2) is 11.8 Å². The van der Waals surface area contributed by atoms with Crippen molar-refractivity contribution in [3.63, 3.8) is 0 Å². The predicted octanol–water partition coefficient (Wildman–Crippen LogP) is 3.09. The van der Waals surface area contributed by atoms with Gasteiger partial charge < -0.3 is 11.1 Å². The zero-order valence-electron chi connectivity index (χ0n) is 12.7. The summed E-state index contributed by atoms with van der Waals surface area (Å²) in [6.07, 6.45) is 7.36. The minimum absolute atomic E-state index is 0.0820. The maximum Gasteiger partial charge on any atom is 0.228 e. The third-order valence-corrected chi connectivity index (χ3v) is 6.44. The lowest BCUT2D eigenvalue weighted by molar-refractivity contribution is -0.130. The Balaban J connectivity index is 1.63. The van der Waals surface area contributed by atoms with Gasteiger partial charge in [-0.1, -0.05) is 28.1 Å². The van der Waals surface area contributed by atoms with Crippen molar-refractivity contribution in [1.82, 2.24) is 0 Å². The minimum Gasteiger partial charge on any atom is -0.369 e. The summed E-state index contributed by atoms with van der Waals surface area (Å²) in [4.78, 5) is 25.0. The molecule has 0 saturated heterocycles. The first-order chi connectivity index (χ1) is 11.0. The molecule has 2 amide bonds. The molecule has 0 radical (unpaired) electrons. The monoisotopic (exact) mass is 374 g/mol. The minimum atomic E-state index is -0.354. The number of hydrogen-bond donors (Lipinski definition) is 2. The second-order valence-corrected chi connectivity index (χ2v) is 7.90. The molecule has 1 aromatic carbocycles. The van der Waals surface area contributed by atoms with Crippen LogP contribution in [0.1, 0.15) is 19.3 Å². The Morgan fingerprint density at radius 1 is 1.17 bits per heavy atom. The molecule has 3 aliphatic rings. The van der Waals surface area contributed by atoms with Crippen molar-refractivity contribution in [2.75, 3.05) is 5.32 Å². The second-order valence-electron chi connectivity index (χ2n) is 6.98. The topological polar surface area (TPSA) is 72.2 Å². The predicted molar refractivity (Wildman–Crippen MR) is 91.4 cm³/mol. The average molecular weight is 375 g/mol. The van der Waals surface area contributed by atoms with Crippen molar-refractivity contribution in [1.29, 1.82) is 0 Å². The SMILES string of the molecule is NC(=O)C1C(C(=O)Nc2ccc(Br)cc2)C2C=CCC1C21CC1. The molecule has 4 nitrogen and oxygen atoms in total. The van der Waals surface area contributed by atoms with Crippen LogP contribution in [0.2, 0.25) is 0 Å². The van der Waals surface area contributed by atoms with E-state index in [2.05, 4.69) is 33.4 Å². The van der Waals surface area contributed by atoms with Crippen LogP contribution in [0.3, 0.4) is 0 Å². The van der Waals surface area contributed by atoms with E-state index in [1.165, 1.54) is 0 Å². The number of nitrogens with one attached hydrogen (secondary N) is 1. The van der Waals surface area contributed by atoms with Crippen molar-refractivity contribution in [3.8, 4) is 0 Å². The maximum absolute atomic E-state index is 12.9. The summed E-state index contributed by atoms with van der Waals surface area (Å²) in [6, 6.07) is 7.48. The first-order valence-corrected chi connectivity index (χ1v) is 8.85. The molecule has 23 heavy (non-hydrogen) atoms. The zero-order valence-corrected chi connectivity index (χ0v) is 14.3. The first kappa shape index (κ1) is 14.9. The van der Waals surface area contributed by atoms with Crippen molar-refractivity contribution in [2.24, 2.45) is 34.8 Å². The lowest BCUT2D eigenvalue weighted by Gasteiger charge is -2.26. The molecule has 0 aliphatic heterocycles. The fourth-order valence-electron chi connectivity index (χ4n) is 4.81. The summed E-state index contributed by atoms with van der Waals surface area (Å²) in [6.45, 7) is 0. The normalized spacial score (nSPS) is 32.7. The van der Waals surface area contributed by atoms with Crippen molar-refractivity contribution in [2.45, 2.75) is 19.3 Å². The molecule has 4 atom stereocenters. The van der Waals surface area contributed by atoms with E-state index < -0.39 is 0 Å². The first-order valence-electron chi connectivity index (χ1n) is 8.05. The van der Waals surface area contributed by atoms with Crippen LogP contribution in [0.5, 0.6) is 0 Å². The summed E-state index contributed by atoms with van der Waals surface area (Å²) in [7, 11) is 0. The molecule has 5 heteroatoms. The number of nitrogens with two attached hydrogens (primary N) is 1. The molecule has 1 spiro atoms. The van der Waals surface area contributed by atoms with Crippen LogP contribution in [0.4, 0.5) is 5.69 Å². The zero-order chi connectivity index (χ0) is 16.2. The Hall–Kier alpha value is -1.62. The molecule has 3 aliphatic carbocycles. The van der Waals surface area contributed by atoms with Gasteiger partial charge in [0.15, 0.2) is 0 Å². The fraction of sp³-hybridized carbons (Fsp3) is 0.444. The summed E-state index contributed by atoms with van der Waals surface area (Å²) in [5, 5.41) is 2.97. The molecule has 0 aromatic heterocycles. The van der Waals surface area contributed by atoms with E-state index in [1.54, 1.807) is 0 Å². The highest BCUT2D eigenvalue weighted by Gasteiger charge is 2.68. The highest BCUT2D eigenvalue weighted by Crippen LogP contribution is 2.71. The number of primary amides is 1. The molecule has 2 bridgehead atoms. The third kappa shape index (κ3) is 2.24. The number of halogens is 1. The number of allylic oxidation sites excluding steroid dienone is 2. The number of carbonyl (C=O) groups is 2. The molecule has 3 N–H and O–H groups in total. The third-order valence-electron chi connectivity index (χ3n) is 5.91. The van der Waals surface area contributed by atoms with Crippen LogP contribution < -0.4 is 11.1 Å². The van der Waals surface area contributed by atoms with Gasteiger partial charge in [0.2, 0.25) is 11.8 Å². The molecular weight excluding hydrogens is 356 g/mol. The van der Waals surface area contributed by atoms with Gasteiger partial charge in [0.1, 0.15) is 0 Å². The number of hydrogen-bond acceptors (Lipinski definition) is 2. The van der Waals surface area contributed by atoms with E-state index >= 15 is 0 Å². The summed E-state index contributed by atoms with van der Waals surface area (Å²) in [5.41, 5.74) is 6.59. The molecule has 0 heterocycles. The van der Waals surface area contributed by atoms with E-state index in [0.717, 1.165) is 29.4 Å². The van der Waals surface area contributed by atoms with E-state index in [1.807, 2.05) is 24.3 Å². The van der Waals surface area contributed by atoms with Gasteiger partial charge in [0.25, 0.3) is 0 Å². The van der Waals surface area contributed by atoms with Crippen molar-refractivity contribution in [3.05, 3.63) is 40.9 Å². The Morgan fingerprint density at radius 2 is 1.87 bits per heavy atom. The van der Waals surface area contributed by atoms with Gasteiger partial charge in [0.05, 0.1) is 11.8 Å². The number of benzene rings is 1. The van der Waals surface area contributed by atoms with Crippen LogP contribution in [0.15, 0.2) is 40.9 Å². The molecule has 120 valence electrons. The van der Waals surface area contributed by atoms with Crippen molar-refractivity contribution < 1.29 is 9.59 Å². The van der Waals surface area contributed by atoms with E-state index in [9.17, 15) is 9.59 Å². The Labute approximate surface area is 143 Å². The van der Waals surface area contributed by atoms with E-state index in [0.29, 0.717) is 0 Å². The number of amides is 2. The lowest BCUT2D eigenvalue weighted by atomic mass is 9.77. The molecule has 2 fully saturated rings. The summed E-state index contributed by atoms with van der Waals surface area (Å²) < 4.78 is 0.960. The van der Waals surface area contributed by atoms with Crippen LogP contribution >= 0.6 is 15.9 Å². The quantitative estimate of drug-likeness (QED) is 0.797. The Bertz CT molecular complexity index is 693. The molecular formula is C18H19BrN2O2. The highest BCUT2D eigenvalue weighted by atomic mass is 79.9. The van der Waals surface area contributed by atoms with Gasteiger partial charge in [0, 0.05) is 10.2 Å². The lowest BCUT2D eigenvalue weighted by Crippen LogP contribution is -2.38. The van der Waals surface area contributed by atoms with Gasteiger partial charge >= 0.3 is 0 Å². The molecule has 4 rings (SSSR count). The van der Waals surface area contributed by atoms with E-state index in [4.69, 9.17) is 5.73 Å². The Morgan fingerprint density at radius 3 is 2.48 bits per heavy atom. The average Bonchev–Trinajstić information content (AvgIpc) is 3.26. The standard InChI is InChI=1S/C18H19BrN2O2/c19-10-4-6-11(7-5-10)21-17(23)15-13-3-1-2-12(14(15)16(20)22)18(13)8-9-18/h1,3-7,12-15H,2,8-9H2,(H2,20,22)(H,21,23). The van der Waals surface area contributed by atoms with Gasteiger partial charge in [-0.25, -0.2) is 0 Å². The second kappa shape index (κ2) is 5.20. The molecule has 1 aromatic rings. The van der Waals surface area contributed by atoms with Gasteiger partial charge in [-0.05, 0) is 60.8 Å². The number of anilines is 1. The van der Waals surface area contributed by atoms with E-state index in [-0.39, 0.29) is 40.9 Å². The summed E-state index contributed by atoms with van der Waals surface area (Å²) >= 11 is 3.38.